The molecule has 0 unspecified atom stereocenters. The molecule has 3 aliphatic carbocycles. The van der Waals surface area contributed by atoms with E-state index in [1.54, 1.807) is 42.7 Å². The molecule has 50 heavy (non-hydrogen) atoms. The van der Waals surface area contributed by atoms with Gasteiger partial charge in [0.05, 0.1) is 15.9 Å². The van der Waals surface area contributed by atoms with E-state index in [1.165, 1.54) is 16.0 Å². The zero-order valence-electron chi connectivity index (χ0n) is 28.6. The Hall–Kier alpha value is -4.36. The molecule has 0 saturated heterocycles. The van der Waals surface area contributed by atoms with Gasteiger partial charge in [-0.2, -0.15) is 0 Å². The highest BCUT2D eigenvalue weighted by atomic mass is 32.1. The van der Waals surface area contributed by atoms with Crippen LogP contribution in [0.5, 0.6) is 5.75 Å². The number of aliphatic imine (C=N–C) groups is 1. The van der Waals surface area contributed by atoms with Crippen LogP contribution in [0, 0.1) is 35.5 Å². The fourth-order valence-electron chi connectivity index (χ4n) is 8.59. The van der Waals surface area contributed by atoms with Gasteiger partial charge in [0.25, 0.3) is 0 Å². The Labute approximate surface area is 301 Å². The Morgan fingerprint density at radius 3 is 2.66 bits per heavy atom. The smallest absolute Gasteiger partial charge is 0.188 e. The molecular formula is C41H44N4O3S2. The Kier molecular flexibility index (Phi) is 9.87. The fourth-order valence-corrected chi connectivity index (χ4v) is 10.6. The number of guanidine groups is 1. The summed E-state index contributed by atoms with van der Waals surface area (Å²) in [5.41, 5.74) is 9.64. The standard InChI is InChI=1S/C41H44N4O3S2/c1-4-7-28-10-15-35(49-28)36-16-17-37(50-36)40(48)32-13-14-33-38-31(29-9-6-5-8-24(29)20-34(32)38)12-11-30(39(33)45-41(42)43-3)25-18-26(21-27(47)19-25)44-22-23(2)46/h5-6,8-10,15-21,23,30,32-34,38-39,44,46-47H,11-14,22H2,1-3H3,(H3,42,43,45)/t23-,30+,32+,33+,34+,38-,39+/m0/s1. The first kappa shape index (κ1) is 34.1. The van der Waals surface area contributed by atoms with E-state index in [2.05, 4.69) is 76.0 Å². The number of aromatic hydroxyl groups is 1. The molecule has 0 amide bonds. The second-order valence-corrected chi connectivity index (χ2v) is 15.9. The number of hydrogen-bond donors (Lipinski definition) is 5. The van der Waals surface area contributed by atoms with E-state index in [0.29, 0.717) is 12.5 Å². The number of benzene rings is 2. The summed E-state index contributed by atoms with van der Waals surface area (Å²) in [6.07, 6.45) is 5.19. The molecule has 6 N–H and O–H groups in total. The second-order valence-electron chi connectivity index (χ2n) is 13.8. The lowest BCUT2D eigenvalue weighted by Crippen LogP contribution is -2.53. The molecular weight excluding hydrogens is 661 g/mol. The molecule has 2 fully saturated rings. The number of fused-ring (bicyclic) bond motifs is 1. The summed E-state index contributed by atoms with van der Waals surface area (Å²) in [7, 11) is 1.70. The van der Waals surface area contributed by atoms with Gasteiger partial charge in [-0.1, -0.05) is 41.8 Å². The molecule has 9 heteroatoms. The highest BCUT2D eigenvalue weighted by Gasteiger charge is 2.50. The van der Waals surface area contributed by atoms with E-state index in [4.69, 9.17) is 5.73 Å². The minimum absolute atomic E-state index is 0.0191. The number of nitrogens with two attached hydrogens (primary N) is 1. The van der Waals surface area contributed by atoms with Crippen LogP contribution in [0.25, 0.3) is 21.4 Å². The van der Waals surface area contributed by atoms with Crippen LogP contribution in [0.15, 0.2) is 71.7 Å². The summed E-state index contributed by atoms with van der Waals surface area (Å²) < 4.78 is 0. The van der Waals surface area contributed by atoms with Gasteiger partial charge in [0.15, 0.2) is 11.7 Å². The van der Waals surface area contributed by atoms with E-state index >= 15 is 0 Å². The first-order valence-electron chi connectivity index (χ1n) is 17.5. The molecule has 2 aromatic carbocycles. The van der Waals surface area contributed by atoms with Crippen molar-refractivity contribution in [2.45, 2.75) is 57.6 Å². The molecule has 4 aromatic rings. The van der Waals surface area contributed by atoms with Gasteiger partial charge in [-0.3, -0.25) is 9.79 Å². The van der Waals surface area contributed by atoms with Crippen LogP contribution in [0.1, 0.15) is 65.6 Å². The maximum atomic E-state index is 14.6. The summed E-state index contributed by atoms with van der Waals surface area (Å²) in [6, 6.07) is 22.5. The van der Waals surface area contributed by atoms with Crippen LogP contribution in [-0.2, 0) is 0 Å². The average molecular weight is 705 g/mol. The molecule has 7 nitrogen and oxygen atoms in total. The van der Waals surface area contributed by atoms with Crippen molar-refractivity contribution in [3.63, 3.8) is 0 Å². The highest BCUT2D eigenvalue weighted by molar-refractivity contribution is 7.23. The van der Waals surface area contributed by atoms with Gasteiger partial charge >= 0.3 is 0 Å². The Balaban J connectivity index is 1.28. The lowest BCUT2D eigenvalue weighted by Gasteiger charge is -2.47. The van der Waals surface area contributed by atoms with Crippen LogP contribution in [0.2, 0.25) is 0 Å². The number of carbonyl (C=O) groups is 1. The predicted molar refractivity (Wildman–Crippen MR) is 206 cm³/mol. The summed E-state index contributed by atoms with van der Waals surface area (Å²) in [5.74, 6) is 7.17. The van der Waals surface area contributed by atoms with Crippen LogP contribution < -0.4 is 26.8 Å². The number of hydrogen-bond acceptors (Lipinski definition) is 7. The van der Waals surface area contributed by atoms with Crippen molar-refractivity contribution >= 4 is 51.8 Å². The number of rotatable bonds is 8. The predicted octanol–water partition coefficient (Wildman–Crippen LogP) is 5.91. The van der Waals surface area contributed by atoms with Crippen molar-refractivity contribution in [2.75, 3.05) is 18.9 Å². The van der Waals surface area contributed by atoms with Gasteiger partial charge < -0.3 is 26.6 Å². The number of phenols is 1. The quantitative estimate of drug-likeness (QED) is 0.0674. The first-order valence-corrected chi connectivity index (χ1v) is 19.1. The molecule has 2 aromatic heterocycles. The summed E-state index contributed by atoms with van der Waals surface area (Å²) in [5, 5.41) is 30.2. The molecule has 2 saturated carbocycles. The van der Waals surface area contributed by atoms with E-state index in [0.717, 1.165) is 56.4 Å². The minimum Gasteiger partial charge on any atom is -0.508 e. The van der Waals surface area contributed by atoms with E-state index in [1.807, 2.05) is 25.1 Å². The van der Waals surface area contributed by atoms with Crippen molar-refractivity contribution in [3.05, 3.63) is 92.5 Å². The number of nitrogens with one attached hydrogen (secondary N) is 2. The number of aliphatic hydroxyl groups excluding tert-OH is 1. The van der Waals surface area contributed by atoms with Gasteiger partial charge in [-0.15, -0.1) is 28.6 Å². The van der Waals surface area contributed by atoms with Crippen molar-refractivity contribution in [1.82, 2.24) is 5.32 Å². The maximum absolute atomic E-state index is 14.6. The molecule has 7 rings (SSSR count). The monoisotopic (exact) mass is 704 g/mol. The van der Waals surface area contributed by atoms with Crippen LogP contribution in [-0.4, -0.2) is 47.7 Å². The van der Waals surface area contributed by atoms with E-state index < -0.39 is 6.10 Å². The number of nitrogens with zero attached hydrogens (tertiary/aromatic N) is 1. The van der Waals surface area contributed by atoms with Gasteiger partial charge in [-0.05, 0) is 110 Å². The number of Topliss-reactive ketones (excluding diaryl/α,β-unsaturated/α-hetero) is 1. The van der Waals surface area contributed by atoms with Crippen molar-refractivity contribution in [1.29, 1.82) is 0 Å². The molecule has 258 valence electrons. The zero-order valence-corrected chi connectivity index (χ0v) is 30.3. The normalized spacial score (nSPS) is 24.8. The summed E-state index contributed by atoms with van der Waals surface area (Å²) in [4.78, 5) is 23.0. The van der Waals surface area contributed by atoms with Crippen LogP contribution in [0.3, 0.4) is 0 Å². The first-order chi connectivity index (χ1) is 24.2. The van der Waals surface area contributed by atoms with Crippen LogP contribution in [0.4, 0.5) is 5.69 Å². The van der Waals surface area contributed by atoms with Crippen molar-refractivity contribution in [3.8, 4) is 27.3 Å². The van der Waals surface area contributed by atoms with Gasteiger partial charge in [0, 0.05) is 53.0 Å². The fraction of sp³-hybridized carbons (Fsp3) is 0.366. The van der Waals surface area contributed by atoms with Crippen molar-refractivity contribution in [2.24, 2.45) is 34.4 Å². The number of phenolic OH excluding ortho intramolecular Hbond substituents is 1. The topological polar surface area (TPSA) is 120 Å². The number of carbonyl (C=O) groups excluding carboxylic acids is 1. The minimum atomic E-state index is -0.524. The van der Waals surface area contributed by atoms with Crippen LogP contribution >= 0.6 is 22.7 Å². The zero-order chi connectivity index (χ0) is 34.9. The molecule has 3 aliphatic rings. The Morgan fingerprint density at radius 1 is 1.06 bits per heavy atom. The van der Waals surface area contributed by atoms with Gasteiger partial charge in [0.2, 0.25) is 0 Å². The largest absolute Gasteiger partial charge is 0.508 e. The summed E-state index contributed by atoms with van der Waals surface area (Å²) >= 11 is 3.25. The van der Waals surface area contributed by atoms with Crippen molar-refractivity contribution < 1.29 is 15.0 Å². The molecule has 7 atom stereocenters. The summed E-state index contributed by atoms with van der Waals surface area (Å²) in [6.45, 7) is 3.96. The van der Waals surface area contributed by atoms with Gasteiger partial charge in [-0.25, -0.2) is 0 Å². The Morgan fingerprint density at radius 2 is 1.86 bits per heavy atom. The lowest BCUT2D eigenvalue weighted by atomic mass is 9.59. The highest BCUT2D eigenvalue weighted by Crippen LogP contribution is 2.53. The van der Waals surface area contributed by atoms with E-state index in [-0.39, 0.29) is 47.2 Å². The number of anilines is 1. The second kappa shape index (κ2) is 14.5. The third-order valence-electron chi connectivity index (χ3n) is 10.7. The lowest BCUT2D eigenvalue weighted by molar-refractivity contribution is 0.0757. The third-order valence-corrected chi connectivity index (χ3v) is 13.0. The Bertz CT molecular complexity index is 2120. The molecule has 0 spiro atoms. The molecule has 2 heterocycles. The average Bonchev–Trinajstić information content (AvgIpc) is 3.76. The van der Waals surface area contributed by atoms with Gasteiger partial charge in [0.1, 0.15) is 5.75 Å². The number of ketones is 1. The van der Waals surface area contributed by atoms with E-state index in [9.17, 15) is 15.0 Å². The third kappa shape index (κ3) is 6.72. The SMILES string of the molecule is CC#Cc1ccc(-c2ccc(C(=O)[C@@H]3CC[C@H]4[C@H](NC(N)=NC)[C@@H](c5cc(O)cc(NC[C@H](C)O)c5)CCC5=c6ccccc6=C[C@H]3[C@@H]54)s2)s1. The maximum Gasteiger partial charge on any atom is 0.188 e. The molecule has 0 radical (unpaired) electrons. The molecule has 0 bridgehead atoms. The molecule has 0 aliphatic heterocycles. The number of aliphatic hydroxyl groups is 1. The number of thiophene rings is 2.